The Balaban J connectivity index is 1.38. The molecule has 3 heteroatoms. The van der Waals surface area contributed by atoms with Crippen LogP contribution in [0.2, 0.25) is 0 Å². The number of anilines is 3. The van der Waals surface area contributed by atoms with Crippen molar-refractivity contribution in [2.24, 2.45) is 0 Å². The van der Waals surface area contributed by atoms with Gasteiger partial charge in [0, 0.05) is 44.4 Å². The number of hydrogen-bond donors (Lipinski definition) is 0. The van der Waals surface area contributed by atoms with Gasteiger partial charge in [0.1, 0.15) is 0 Å². The van der Waals surface area contributed by atoms with E-state index in [0.29, 0.717) is 0 Å². The van der Waals surface area contributed by atoms with E-state index in [-0.39, 0.29) is 28.5 Å². The molecule has 3 heterocycles. The summed E-state index contributed by atoms with van der Waals surface area (Å²) in [5, 5.41) is 10.6. The summed E-state index contributed by atoms with van der Waals surface area (Å²) >= 11 is 0. The van der Waals surface area contributed by atoms with Crippen molar-refractivity contribution in [3.05, 3.63) is 149 Å². The maximum atomic E-state index is 2.76. The first-order chi connectivity index (χ1) is 29.6. The molecule has 2 aliphatic rings. The molecule has 0 N–H and O–H groups in total. The van der Waals surface area contributed by atoms with E-state index in [0.717, 1.165) is 0 Å². The normalized spacial score (nSPS) is 14.1. The molecule has 2 nitrogen and oxygen atoms in total. The molecule has 0 fully saturated rings. The van der Waals surface area contributed by atoms with Crippen molar-refractivity contribution in [1.82, 2.24) is 4.48 Å². The molecule has 11 rings (SSSR count). The van der Waals surface area contributed by atoms with Crippen LogP contribution in [0.25, 0.3) is 65.3 Å². The monoisotopic (exact) mass is 820 g/mol. The third-order valence-corrected chi connectivity index (χ3v) is 14.9. The fraction of sp³-hybridized carbons (Fsp3) is 0.300. The molecule has 0 saturated carbocycles. The highest BCUT2D eigenvalue weighted by molar-refractivity contribution is 6.90. The molecule has 0 saturated heterocycles. The Morgan fingerprint density at radius 1 is 0.429 bits per heavy atom. The van der Waals surface area contributed by atoms with E-state index >= 15 is 0 Å². The van der Waals surface area contributed by atoms with E-state index in [2.05, 4.69) is 222 Å². The molecule has 8 aromatic carbocycles. The number of rotatable bonds is 1. The minimum Gasteiger partial charge on any atom is -0.375 e. The number of benzene rings is 8. The minimum atomic E-state index is -0.0530. The Morgan fingerprint density at radius 3 is 1.57 bits per heavy atom. The molecule has 0 radical (unpaired) electrons. The van der Waals surface area contributed by atoms with Gasteiger partial charge >= 0.3 is 6.85 Å². The first kappa shape index (κ1) is 40.0. The third kappa shape index (κ3) is 5.77. The lowest BCUT2D eigenvalue weighted by atomic mass is 9.44. The number of aryl methyl sites for hydroxylation is 2. The van der Waals surface area contributed by atoms with Crippen molar-refractivity contribution in [2.45, 2.75) is 119 Å². The van der Waals surface area contributed by atoms with E-state index in [1.165, 1.54) is 127 Å². The summed E-state index contributed by atoms with van der Waals surface area (Å²) in [7, 11) is 0. The largest absolute Gasteiger partial charge is 0.375 e. The lowest BCUT2D eigenvalue weighted by molar-refractivity contribution is 0.569. The van der Waals surface area contributed by atoms with Gasteiger partial charge in [0.15, 0.2) is 0 Å². The van der Waals surface area contributed by atoms with Crippen molar-refractivity contribution < 1.29 is 0 Å². The summed E-state index contributed by atoms with van der Waals surface area (Å²) < 4.78 is 2.76. The maximum absolute atomic E-state index is 2.76. The van der Waals surface area contributed by atoms with Crippen LogP contribution >= 0.6 is 0 Å². The number of nitrogens with zero attached hydrogens (tertiary/aromatic N) is 2. The predicted molar refractivity (Wildman–Crippen MR) is 277 cm³/mol. The molecule has 0 amide bonds. The Hall–Kier alpha value is -5.80. The molecule has 0 atom stereocenters. The molecular weight excluding hydrogens is 759 g/mol. The van der Waals surface area contributed by atoms with Gasteiger partial charge in [0.25, 0.3) is 0 Å². The second kappa shape index (κ2) is 12.9. The topological polar surface area (TPSA) is 8.17 Å². The maximum Gasteiger partial charge on any atom is 0.333 e. The summed E-state index contributed by atoms with van der Waals surface area (Å²) in [5.41, 5.74) is 19.9. The predicted octanol–water partition coefficient (Wildman–Crippen LogP) is 15.5. The van der Waals surface area contributed by atoms with E-state index in [1.54, 1.807) is 0 Å². The summed E-state index contributed by atoms with van der Waals surface area (Å²) in [4.78, 5) is 2.67. The van der Waals surface area contributed by atoms with Crippen LogP contribution in [0.4, 0.5) is 17.1 Å². The zero-order valence-electron chi connectivity index (χ0n) is 39.9. The highest BCUT2D eigenvalue weighted by atomic mass is 15.2. The molecule has 0 aliphatic carbocycles. The number of aromatic nitrogens is 1. The van der Waals surface area contributed by atoms with Crippen LogP contribution in [-0.2, 0) is 21.7 Å². The van der Waals surface area contributed by atoms with Crippen LogP contribution in [0.1, 0.15) is 116 Å². The summed E-state index contributed by atoms with van der Waals surface area (Å²) in [6, 6.07) is 45.8. The first-order valence-electron chi connectivity index (χ1n) is 23.2. The molecule has 0 spiro atoms. The van der Waals surface area contributed by atoms with Crippen LogP contribution in [0.3, 0.4) is 0 Å². The van der Waals surface area contributed by atoms with Gasteiger partial charge in [-0.1, -0.05) is 150 Å². The third-order valence-electron chi connectivity index (χ3n) is 14.9. The zero-order chi connectivity index (χ0) is 44.4. The molecule has 63 heavy (non-hydrogen) atoms. The van der Waals surface area contributed by atoms with E-state index < -0.39 is 0 Å². The Labute approximate surface area is 375 Å². The highest BCUT2D eigenvalue weighted by Crippen LogP contribution is 2.51. The average molecular weight is 821 g/mol. The van der Waals surface area contributed by atoms with Crippen LogP contribution in [0.15, 0.2) is 115 Å². The summed E-state index contributed by atoms with van der Waals surface area (Å²) in [6.45, 7) is 32.9. The molecule has 0 bridgehead atoms. The van der Waals surface area contributed by atoms with Gasteiger partial charge in [0.05, 0.1) is 0 Å². The van der Waals surface area contributed by atoms with E-state index in [1.807, 2.05) is 0 Å². The number of hydrogen-bond acceptors (Lipinski definition) is 1. The Morgan fingerprint density at radius 2 is 0.968 bits per heavy atom. The van der Waals surface area contributed by atoms with Gasteiger partial charge < -0.3 is 9.38 Å². The molecule has 2 aliphatic heterocycles. The Kier molecular flexibility index (Phi) is 8.20. The van der Waals surface area contributed by atoms with Crippen molar-refractivity contribution in [2.75, 3.05) is 4.90 Å². The van der Waals surface area contributed by atoms with Crippen LogP contribution < -0.4 is 15.8 Å². The molecule has 1 aromatic heterocycles. The van der Waals surface area contributed by atoms with Crippen LogP contribution in [0.5, 0.6) is 0 Å². The molecule has 0 unspecified atom stereocenters. The number of fused-ring (bicyclic) bond motifs is 11. The van der Waals surface area contributed by atoms with Gasteiger partial charge in [-0.2, -0.15) is 0 Å². The van der Waals surface area contributed by atoms with Crippen molar-refractivity contribution >= 4 is 89.0 Å². The summed E-state index contributed by atoms with van der Waals surface area (Å²) in [6.07, 6.45) is 0. The fourth-order valence-corrected chi connectivity index (χ4v) is 11.1. The van der Waals surface area contributed by atoms with E-state index in [4.69, 9.17) is 0 Å². The van der Waals surface area contributed by atoms with Gasteiger partial charge in [0.2, 0.25) is 0 Å². The molecule has 314 valence electrons. The van der Waals surface area contributed by atoms with Gasteiger partial charge in [-0.05, 0) is 166 Å². The quantitative estimate of drug-likeness (QED) is 0.118. The SMILES string of the molecule is Cc1c2ccccc2c(C)c2cc3c(cc12)B1c2c(cc4ccccc4c2-c2cc(C(C)(C)C)cc4c5cc(C(C)(C)C)ccc5n1c24)N3c1cc(C(C)(C)C)cc(C(C)(C)C)c1. The minimum absolute atomic E-state index is 0.0160. The smallest absolute Gasteiger partial charge is 0.333 e. The highest BCUT2D eigenvalue weighted by Gasteiger charge is 2.45. The molecular formula is C60H61BN2. The van der Waals surface area contributed by atoms with Crippen molar-refractivity contribution in [3.8, 4) is 11.1 Å². The lowest BCUT2D eigenvalue weighted by Gasteiger charge is -2.42. The fourth-order valence-electron chi connectivity index (χ4n) is 11.1. The average Bonchev–Trinajstić information content (AvgIpc) is 3.55. The molecule has 9 aromatic rings. The van der Waals surface area contributed by atoms with Gasteiger partial charge in [-0.25, -0.2) is 0 Å². The second-order valence-electron chi connectivity index (χ2n) is 23.2. The van der Waals surface area contributed by atoms with Crippen LogP contribution in [-0.4, -0.2) is 11.3 Å². The lowest BCUT2D eigenvalue weighted by Crippen LogP contribution is -2.56. The Bertz CT molecular complexity index is 3430. The zero-order valence-corrected chi connectivity index (χ0v) is 39.9. The van der Waals surface area contributed by atoms with Crippen molar-refractivity contribution in [1.29, 1.82) is 0 Å². The summed E-state index contributed by atoms with van der Waals surface area (Å²) in [5.74, 6) is 0. The van der Waals surface area contributed by atoms with E-state index in [9.17, 15) is 0 Å². The van der Waals surface area contributed by atoms with Crippen LogP contribution in [0, 0.1) is 13.8 Å². The second-order valence-corrected chi connectivity index (χ2v) is 23.2. The van der Waals surface area contributed by atoms with Gasteiger partial charge in [-0.15, -0.1) is 0 Å². The van der Waals surface area contributed by atoms with Crippen molar-refractivity contribution in [3.63, 3.8) is 0 Å². The van der Waals surface area contributed by atoms with Gasteiger partial charge in [-0.3, -0.25) is 0 Å². The first-order valence-corrected chi connectivity index (χ1v) is 23.2. The standard InChI is InChI=1S/C60H61BN2/c1-34-42-20-17-18-21-43(42)35(2)46-33-52-50(32-45(34)46)61-55-53(62(52)41-27-38(58(6,7)8)26-39(28-41)59(9,10)11)25-36-19-15-16-22-44(36)54(55)49-31-40(60(12,13)14)30-48-47-29-37(57(3,4)5)23-24-51(47)63(61)56(48)49/h15-33H,1-14H3.